The third kappa shape index (κ3) is 8.53. The summed E-state index contributed by atoms with van der Waals surface area (Å²) < 4.78 is 5.90. The first kappa shape index (κ1) is 16.4. The Kier molecular flexibility index (Phi) is 8.68. The molecular formula is C11H20Br2O3. The molecule has 0 atom stereocenters. The van der Waals surface area contributed by atoms with Crippen LogP contribution in [0.3, 0.4) is 0 Å². The minimum Gasteiger partial charge on any atom is -0.481 e. The molecule has 0 aliphatic heterocycles. The molecule has 0 aromatic heterocycles. The molecule has 0 bridgehead atoms. The Hall–Kier alpha value is 0.390. The van der Waals surface area contributed by atoms with Gasteiger partial charge in [0.2, 0.25) is 0 Å². The molecule has 0 aromatic rings. The van der Waals surface area contributed by atoms with Crippen molar-refractivity contribution in [3.8, 4) is 0 Å². The van der Waals surface area contributed by atoms with Crippen molar-refractivity contribution >= 4 is 37.8 Å². The quantitative estimate of drug-likeness (QED) is 0.505. The molecule has 5 heteroatoms. The molecule has 0 aromatic carbocycles. The van der Waals surface area contributed by atoms with Crippen molar-refractivity contribution in [2.75, 3.05) is 10.7 Å². The summed E-state index contributed by atoms with van der Waals surface area (Å²) in [5.41, 5.74) is -0.190. The van der Waals surface area contributed by atoms with Crippen LogP contribution in [-0.2, 0) is 9.53 Å². The standard InChI is InChI=1S/C11H20Br2O3/c1-11(2,16-9(7-12)8-13)6-4-3-5-10(14)15/h9H,3-8H2,1-2H3,(H,14,15). The van der Waals surface area contributed by atoms with Crippen molar-refractivity contribution in [3.63, 3.8) is 0 Å². The Balaban J connectivity index is 3.81. The van der Waals surface area contributed by atoms with Crippen molar-refractivity contribution in [1.29, 1.82) is 0 Å². The molecule has 0 fully saturated rings. The highest BCUT2D eigenvalue weighted by atomic mass is 79.9. The smallest absolute Gasteiger partial charge is 0.303 e. The van der Waals surface area contributed by atoms with Crippen LogP contribution in [0.15, 0.2) is 0 Å². The van der Waals surface area contributed by atoms with Gasteiger partial charge >= 0.3 is 5.97 Å². The van der Waals surface area contributed by atoms with Crippen LogP contribution in [0.5, 0.6) is 0 Å². The lowest BCUT2D eigenvalue weighted by atomic mass is 10.00. The largest absolute Gasteiger partial charge is 0.481 e. The summed E-state index contributed by atoms with van der Waals surface area (Å²) in [5, 5.41) is 10.1. The van der Waals surface area contributed by atoms with E-state index in [2.05, 4.69) is 31.9 Å². The first-order chi connectivity index (χ1) is 7.41. The monoisotopic (exact) mass is 358 g/mol. The molecule has 0 spiro atoms. The number of hydrogen-bond acceptors (Lipinski definition) is 2. The van der Waals surface area contributed by atoms with E-state index in [4.69, 9.17) is 9.84 Å². The van der Waals surface area contributed by atoms with Gasteiger partial charge in [0.15, 0.2) is 0 Å². The van der Waals surface area contributed by atoms with Gasteiger partial charge in [0.25, 0.3) is 0 Å². The minimum absolute atomic E-state index is 0.162. The normalized spacial score (nSPS) is 12.1. The Morgan fingerprint density at radius 1 is 1.31 bits per heavy atom. The zero-order valence-electron chi connectivity index (χ0n) is 9.84. The number of alkyl halides is 2. The number of unbranched alkanes of at least 4 members (excludes halogenated alkanes) is 1. The summed E-state index contributed by atoms with van der Waals surface area (Å²) in [7, 11) is 0. The molecule has 0 aliphatic carbocycles. The molecule has 0 heterocycles. The summed E-state index contributed by atoms with van der Waals surface area (Å²) in [6, 6.07) is 0. The number of halogens is 2. The van der Waals surface area contributed by atoms with Crippen molar-refractivity contribution in [2.24, 2.45) is 0 Å². The van der Waals surface area contributed by atoms with Gasteiger partial charge in [-0.2, -0.15) is 0 Å². The summed E-state index contributed by atoms with van der Waals surface area (Å²) in [5.74, 6) is -0.725. The highest BCUT2D eigenvalue weighted by molar-refractivity contribution is 9.09. The molecule has 1 N–H and O–H groups in total. The third-order valence-corrected chi connectivity index (χ3v) is 3.69. The van der Waals surface area contributed by atoms with Gasteiger partial charge in [-0.3, -0.25) is 4.79 Å². The Morgan fingerprint density at radius 2 is 1.88 bits per heavy atom. The van der Waals surface area contributed by atoms with Crippen LogP contribution in [0, 0.1) is 0 Å². The van der Waals surface area contributed by atoms with Crippen LogP contribution in [0.1, 0.15) is 39.5 Å². The van der Waals surface area contributed by atoms with Gasteiger partial charge in [0, 0.05) is 17.1 Å². The lowest BCUT2D eigenvalue weighted by Crippen LogP contribution is -2.32. The molecule has 0 saturated heterocycles. The van der Waals surface area contributed by atoms with Crippen molar-refractivity contribution in [3.05, 3.63) is 0 Å². The van der Waals surface area contributed by atoms with Crippen LogP contribution < -0.4 is 0 Å². The van der Waals surface area contributed by atoms with Gasteiger partial charge in [-0.25, -0.2) is 0 Å². The molecular weight excluding hydrogens is 340 g/mol. The molecule has 0 radical (unpaired) electrons. The number of carboxylic acids is 1. The first-order valence-electron chi connectivity index (χ1n) is 5.43. The second kappa shape index (κ2) is 8.48. The molecule has 0 saturated carbocycles. The number of carboxylic acid groups (broad SMARTS) is 1. The highest BCUT2D eigenvalue weighted by Crippen LogP contribution is 2.22. The molecule has 0 unspecified atom stereocenters. The van der Waals surface area contributed by atoms with E-state index in [1.807, 2.05) is 13.8 Å². The van der Waals surface area contributed by atoms with E-state index in [0.29, 0.717) is 0 Å². The number of carbonyl (C=O) groups is 1. The fraction of sp³-hybridized carbons (Fsp3) is 0.909. The maximum absolute atomic E-state index is 10.4. The average molecular weight is 360 g/mol. The number of ether oxygens (including phenoxy) is 1. The van der Waals surface area contributed by atoms with E-state index in [1.165, 1.54) is 0 Å². The molecule has 0 rings (SSSR count). The van der Waals surface area contributed by atoms with Gasteiger partial charge in [0.1, 0.15) is 0 Å². The number of rotatable bonds is 9. The van der Waals surface area contributed by atoms with Crippen molar-refractivity contribution < 1.29 is 14.6 Å². The Labute approximate surface area is 114 Å². The lowest BCUT2D eigenvalue weighted by molar-refractivity contribution is -0.137. The van der Waals surface area contributed by atoms with Crippen LogP contribution in [0.2, 0.25) is 0 Å². The van der Waals surface area contributed by atoms with Gasteiger partial charge < -0.3 is 9.84 Å². The first-order valence-corrected chi connectivity index (χ1v) is 7.67. The molecule has 3 nitrogen and oxygen atoms in total. The lowest BCUT2D eigenvalue weighted by Gasteiger charge is -2.29. The summed E-state index contributed by atoms with van der Waals surface area (Å²) in [6.45, 7) is 4.10. The van der Waals surface area contributed by atoms with E-state index in [0.717, 1.165) is 29.9 Å². The maximum Gasteiger partial charge on any atom is 0.303 e. The molecule has 16 heavy (non-hydrogen) atoms. The summed E-state index contributed by atoms with van der Waals surface area (Å²) in [4.78, 5) is 10.4. The van der Waals surface area contributed by atoms with Crippen LogP contribution in [0.4, 0.5) is 0 Å². The van der Waals surface area contributed by atoms with Crippen molar-refractivity contribution in [2.45, 2.75) is 51.2 Å². The summed E-state index contributed by atoms with van der Waals surface area (Å²) in [6.07, 6.45) is 2.90. The Bertz CT molecular complexity index is 203. The van der Waals surface area contributed by atoms with E-state index in [1.54, 1.807) is 0 Å². The predicted octanol–water partition coefficient (Wildman–Crippen LogP) is 3.59. The fourth-order valence-corrected chi connectivity index (χ4v) is 2.78. The summed E-state index contributed by atoms with van der Waals surface area (Å²) >= 11 is 6.79. The van der Waals surface area contributed by atoms with Crippen LogP contribution in [0.25, 0.3) is 0 Å². The van der Waals surface area contributed by atoms with Gasteiger partial charge in [-0.1, -0.05) is 38.3 Å². The highest BCUT2D eigenvalue weighted by Gasteiger charge is 2.22. The fourth-order valence-electron chi connectivity index (χ4n) is 1.44. The number of hydrogen-bond donors (Lipinski definition) is 1. The van der Waals surface area contributed by atoms with Gasteiger partial charge in [0.05, 0.1) is 11.7 Å². The minimum atomic E-state index is -0.725. The average Bonchev–Trinajstić information content (AvgIpc) is 2.21. The van der Waals surface area contributed by atoms with Crippen LogP contribution in [-0.4, -0.2) is 33.4 Å². The van der Waals surface area contributed by atoms with Gasteiger partial charge in [-0.05, 0) is 26.7 Å². The molecule has 0 amide bonds. The van der Waals surface area contributed by atoms with E-state index >= 15 is 0 Å². The topological polar surface area (TPSA) is 46.5 Å². The van der Waals surface area contributed by atoms with E-state index in [9.17, 15) is 4.79 Å². The SMILES string of the molecule is CC(C)(CCCCC(=O)O)OC(CBr)CBr. The Morgan fingerprint density at radius 3 is 2.31 bits per heavy atom. The predicted molar refractivity (Wildman–Crippen MR) is 72.6 cm³/mol. The zero-order valence-corrected chi connectivity index (χ0v) is 13.0. The van der Waals surface area contributed by atoms with Crippen LogP contribution >= 0.6 is 31.9 Å². The number of aliphatic carboxylic acids is 1. The second-order valence-corrected chi connectivity index (χ2v) is 5.70. The molecule has 0 aliphatic rings. The van der Waals surface area contributed by atoms with E-state index < -0.39 is 5.97 Å². The second-order valence-electron chi connectivity index (χ2n) is 4.41. The van der Waals surface area contributed by atoms with Gasteiger partial charge in [-0.15, -0.1) is 0 Å². The third-order valence-electron chi connectivity index (χ3n) is 2.25. The van der Waals surface area contributed by atoms with E-state index in [-0.39, 0.29) is 18.1 Å². The van der Waals surface area contributed by atoms with Crippen molar-refractivity contribution in [1.82, 2.24) is 0 Å². The maximum atomic E-state index is 10.4. The molecule has 96 valence electrons. The zero-order chi connectivity index (χ0) is 12.6.